The third-order valence-corrected chi connectivity index (χ3v) is 5.41. The molecule has 0 unspecified atom stereocenters. The maximum absolute atomic E-state index is 11.5. The molecule has 0 radical (unpaired) electrons. The number of esters is 1. The highest BCUT2D eigenvalue weighted by atomic mass is 16.5. The van der Waals surface area contributed by atoms with E-state index < -0.39 is 0 Å². The molecule has 0 saturated carbocycles. The molecule has 0 atom stereocenters. The standard InChI is InChI=1S/C30H27NO2/c1-23(2)30(32)33-22-21-24-13-15-25(16-14-24)26-17-19-29(20-18-26)31(27-9-5-3-6-10-27)28-11-7-4-8-12-28/h3-20H,1,21-22H2,2H3. The van der Waals surface area contributed by atoms with Gasteiger partial charge in [-0.15, -0.1) is 0 Å². The third kappa shape index (κ3) is 5.58. The van der Waals surface area contributed by atoms with Gasteiger partial charge in [0.1, 0.15) is 0 Å². The van der Waals surface area contributed by atoms with Crippen LogP contribution in [0.3, 0.4) is 0 Å². The lowest BCUT2D eigenvalue weighted by atomic mass is 10.0. The van der Waals surface area contributed by atoms with Gasteiger partial charge >= 0.3 is 5.97 Å². The molecular formula is C30H27NO2. The summed E-state index contributed by atoms with van der Waals surface area (Å²) in [6, 6.07) is 37.7. The van der Waals surface area contributed by atoms with Gasteiger partial charge in [0.25, 0.3) is 0 Å². The van der Waals surface area contributed by atoms with Crippen molar-refractivity contribution in [3.8, 4) is 11.1 Å². The van der Waals surface area contributed by atoms with E-state index in [0.717, 1.165) is 33.8 Å². The number of carbonyl (C=O) groups excluding carboxylic acids is 1. The van der Waals surface area contributed by atoms with Crippen molar-refractivity contribution in [2.24, 2.45) is 0 Å². The van der Waals surface area contributed by atoms with Gasteiger partial charge in [0.05, 0.1) is 6.61 Å². The second kappa shape index (κ2) is 10.5. The molecule has 0 spiro atoms. The summed E-state index contributed by atoms with van der Waals surface area (Å²) in [5.41, 5.74) is 7.19. The maximum atomic E-state index is 11.5. The molecule has 0 aromatic heterocycles. The van der Waals surface area contributed by atoms with Crippen molar-refractivity contribution in [1.29, 1.82) is 0 Å². The molecule has 0 heterocycles. The van der Waals surface area contributed by atoms with Crippen LogP contribution in [0.15, 0.2) is 121 Å². The van der Waals surface area contributed by atoms with Crippen molar-refractivity contribution >= 4 is 23.0 Å². The lowest BCUT2D eigenvalue weighted by molar-refractivity contribution is -0.138. The SMILES string of the molecule is C=C(C)C(=O)OCCc1ccc(-c2ccc(N(c3ccccc3)c3ccccc3)cc2)cc1. The van der Waals surface area contributed by atoms with Crippen molar-refractivity contribution in [3.05, 3.63) is 127 Å². The van der Waals surface area contributed by atoms with E-state index in [1.165, 1.54) is 0 Å². The van der Waals surface area contributed by atoms with Crippen LogP contribution >= 0.6 is 0 Å². The Morgan fingerprint density at radius 2 is 1.15 bits per heavy atom. The molecule has 3 heteroatoms. The first-order valence-corrected chi connectivity index (χ1v) is 11.0. The topological polar surface area (TPSA) is 29.5 Å². The van der Waals surface area contributed by atoms with E-state index in [0.29, 0.717) is 18.6 Å². The van der Waals surface area contributed by atoms with Gasteiger partial charge in [0.2, 0.25) is 0 Å². The Bertz CT molecular complexity index is 1160. The van der Waals surface area contributed by atoms with Gasteiger partial charge in [-0.1, -0.05) is 79.4 Å². The molecule has 0 fully saturated rings. The number of hydrogen-bond donors (Lipinski definition) is 0. The minimum atomic E-state index is -0.341. The van der Waals surface area contributed by atoms with Crippen molar-refractivity contribution in [2.75, 3.05) is 11.5 Å². The van der Waals surface area contributed by atoms with Gasteiger partial charge < -0.3 is 9.64 Å². The highest BCUT2D eigenvalue weighted by Gasteiger charge is 2.12. The number of anilines is 3. The van der Waals surface area contributed by atoms with Crippen molar-refractivity contribution in [3.63, 3.8) is 0 Å². The molecule has 0 saturated heterocycles. The van der Waals surface area contributed by atoms with Gasteiger partial charge in [-0.3, -0.25) is 0 Å². The lowest BCUT2D eigenvalue weighted by Gasteiger charge is -2.25. The average Bonchev–Trinajstić information content (AvgIpc) is 2.86. The number of rotatable bonds is 8. The van der Waals surface area contributed by atoms with Crippen LogP contribution in [0.25, 0.3) is 11.1 Å². The highest BCUT2D eigenvalue weighted by molar-refractivity contribution is 5.86. The summed E-state index contributed by atoms with van der Waals surface area (Å²) in [5, 5.41) is 0. The predicted octanol–water partition coefficient (Wildman–Crippen LogP) is 7.49. The number of benzene rings is 4. The average molecular weight is 434 g/mol. The zero-order valence-electron chi connectivity index (χ0n) is 18.8. The Morgan fingerprint density at radius 1 is 0.697 bits per heavy atom. The molecule has 3 nitrogen and oxygen atoms in total. The molecule has 4 aromatic carbocycles. The smallest absolute Gasteiger partial charge is 0.333 e. The summed E-state index contributed by atoms with van der Waals surface area (Å²) < 4.78 is 5.19. The van der Waals surface area contributed by atoms with E-state index in [1.807, 2.05) is 12.1 Å². The van der Waals surface area contributed by atoms with Crippen molar-refractivity contribution in [2.45, 2.75) is 13.3 Å². The number of hydrogen-bond acceptors (Lipinski definition) is 3. The van der Waals surface area contributed by atoms with Gasteiger partial charge in [-0.2, -0.15) is 0 Å². The molecule has 0 aliphatic carbocycles. The largest absolute Gasteiger partial charge is 0.462 e. The second-order valence-corrected chi connectivity index (χ2v) is 7.92. The summed E-state index contributed by atoms with van der Waals surface area (Å²) in [5.74, 6) is -0.341. The summed E-state index contributed by atoms with van der Waals surface area (Å²) >= 11 is 0. The molecule has 164 valence electrons. The van der Waals surface area contributed by atoms with Gasteiger partial charge in [0.15, 0.2) is 0 Å². The number of para-hydroxylation sites is 2. The molecule has 0 aliphatic rings. The van der Waals surface area contributed by atoms with Gasteiger partial charge in [-0.25, -0.2) is 4.79 Å². The van der Waals surface area contributed by atoms with Crippen LogP contribution in [-0.4, -0.2) is 12.6 Å². The Morgan fingerprint density at radius 3 is 1.64 bits per heavy atom. The third-order valence-electron chi connectivity index (χ3n) is 5.41. The van der Waals surface area contributed by atoms with Crippen LogP contribution in [0.5, 0.6) is 0 Å². The summed E-state index contributed by atoms with van der Waals surface area (Å²) in [4.78, 5) is 13.8. The molecule has 0 N–H and O–H groups in total. The van der Waals surface area contributed by atoms with Crippen LogP contribution in [-0.2, 0) is 16.0 Å². The molecule has 33 heavy (non-hydrogen) atoms. The fourth-order valence-corrected chi connectivity index (χ4v) is 3.65. The first-order chi connectivity index (χ1) is 16.1. The van der Waals surface area contributed by atoms with Crippen molar-refractivity contribution in [1.82, 2.24) is 0 Å². The Labute approximate surface area is 195 Å². The molecule has 0 amide bonds. The molecule has 4 aromatic rings. The lowest BCUT2D eigenvalue weighted by Crippen LogP contribution is -2.09. The zero-order chi connectivity index (χ0) is 23.0. The Hall–Kier alpha value is -4.11. The molecule has 0 aliphatic heterocycles. The van der Waals surface area contributed by atoms with E-state index in [9.17, 15) is 4.79 Å². The van der Waals surface area contributed by atoms with Crippen LogP contribution in [0.2, 0.25) is 0 Å². The highest BCUT2D eigenvalue weighted by Crippen LogP contribution is 2.35. The van der Waals surface area contributed by atoms with Crippen molar-refractivity contribution < 1.29 is 9.53 Å². The van der Waals surface area contributed by atoms with Crippen LogP contribution < -0.4 is 4.90 Å². The quantitative estimate of drug-likeness (QED) is 0.213. The van der Waals surface area contributed by atoms with E-state index in [2.05, 4.69) is 109 Å². The minimum Gasteiger partial charge on any atom is -0.462 e. The van der Waals surface area contributed by atoms with Gasteiger partial charge in [0, 0.05) is 29.1 Å². The first kappa shape index (κ1) is 22.1. The number of nitrogens with zero attached hydrogens (tertiary/aromatic N) is 1. The van der Waals surface area contributed by atoms with E-state index in [4.69, 9.17) is 4.74 Å². The summed E-state index contributed by atoms with van der Waals surface area (Å²) in [7, 11) is 0. The predicted molar refractivity (Wildman–Crippen MR) is 136 cm³/mol. The Kier molecular flexibility index (Phi) is 7.01. The maximum Gasteiger partial charge on any atom is 0.333 e. The first-order valence-electron chi connectivity index (χ1n) is 11.0. The zero-order valence-corrected chi connectivity index (χ0v) is 18.8. The number of carbonyl (C=O) groups is 1. The van der Waals surface area contributed by atoms with Crippen LogP contribution in [0.4, 0.5) is 17.1 Å². The fraction of sp³-hybridized carbons (Fsp3) is 0.100. The monoisotopic (exact) mass is 433 g/mol. The van der Waals surface area contributed by atoms with Crippen LogP contribution in [0, 0.1) is 0 Å². The van der Waals surface area contributed by atoms with E-state index in [1.54, 1.807) is 6.92 Å². The molecule has 4 rings (SSSR count). The summed E-state index contributed by atoms with van der Waals surface area (Å²) in [6.07, 6.45) is 0.682. The second-order valence-electron chi connectivity index (χ2n) is 7.92. The number of ether oxygens (including phenoxy) is 1. The molecular weight excluding hydrogens is 406 g/mol. The Balaban J connectivity index is 1.50. The minimum absolute atomic E-state index is 0.341. The fourth-order valence-electron chi connectivity index (χ4n) is 3.65. The van der Waals surface area contributed by atoms with E-state index >= 15 is 0 Å². The van der Waals surface area contributed by atoms with Gasteiger partial charge in [-0.05, 0) is 60.0 Å². The normalized spacial score (nSPS) is 10.5. The van der Waals surface area contributed by atoms with Crippen LogP contribution in [0.1, 0.15) is 12.5 Å². The van der Waals surface area contributed by atoms with E-state index in [-0.39, 0.29) is 5.97 Å². The summed E-state index contributed by atoms with van der Waals surface area (Å²) in [6.45, 7) is 5.61. The molecule has 0 bridgehead atoms.